The van der Waals surface area contributed by atoms with E-state index in [2.05, 4.69) is 0 Å². The summed E-state index contributed by atoms with van der Waals surface area (Å²) in [6.45, 7) is 3.42. The van der Waals surface area contributed by atoms with Gasteiger partial charge >= 0.3 is 15.5 Å². The number of alkyl halides is 3. The number of rotatable bonds is 3. The topological polar surface area (TPSA) is 72.2 Å². The highest BCUT2D eigenvalue weighted by molar-refractivity contribution is 7.93. The van der Waals surface area contributed by atoms with Crippen LogP contribution in [0.4, 0.5) is 24.5 Å². The van der Waals surface area contributed by atoms with Crippen molar-refractivity contribution in [2.45, 2.75) is 19.4 Å². The van der Waals surface area contributed by atoms with Crippen LogP contribution in [-0.2, 0) is 10.0 Å². The van der Waals surface area contributed by atoms with Gasteiger partial charge in [-0.2, -0.15) is 21.6 Å². The van der Waals surface area contributed by atoms with Gasteiger partial charge in [0.15, 0.2) is 0 Å². The fourth-order valence-electron chi connectivity index (χ4n) is 2.32. The zero-order valence-corrected chi connectivity index (χ0v) is 13.2. The monoisotopic (exact) mass is 344 g/mol. The number of anilines is 2. The van der Waals surface area contributed by atoms with Crippen molar-refractivity contribution in [3.05, 3.63) is 47.5 Å². The Balaban J connectivity index is 2.68. The molecule has 2 aromatic carbocycles. The van der Waals surface area contributed by atoms with Gasteiger partial charge in [0, 0.05) is 16.8 Å². The molecule has 0 saturated carbocycles. The van der Waals surface area contributed by atoms with Crippen LogP contribution in [0, 0.1) is 13.8 Å². The van der Waals surface area contributed by atoms with Crippen LogP contribution < -0.4 is 10.5 Å². The van der Waals surface area contributed by atoms with Gasteiger partial charge in [0.25, 0.3) is 0 Å². The minimum Gasteiger partial charge on any atom is -0.398 e. The Labute approximate surface area is 132 Å². The van der Waals surface area contributed by atoms with E-state index in [-0.39, 0.29) is 5.69 Å². The second kappa shape index (κ2) is 5.77. The Morgan fingerprint density at radius 3 is 2.00 bits per heavy atom. The van der Waals surface area contributed by atoms with Crippen LogP contribution in [0.5, 0.6) is 0 Å². The summed E-state index contributed by atoms with van der Waals surface area (Å²) in [5.74, 6) is 0. The summed E-state index contributed by atoms with van der Waals surface area (Å²) in [6, 6.07) is 9.49. The summed E-state index contributed by atoms with van der Waals surface area (Å²) in [7, 11) is -5.51. The van der Waals surface area contributed by atoms with Gasteiger partial charge in [-0.1, -0.05) is 24.3 Å². The Hall–Kier alpha value is -2.22. The van der Waals surface area contributed by atoms with E-state index in [1.165, 1.54) is 12.1 Å². The highest BCUT2D eigenvalue weighted by Gasteiger charge is 2.46. The molecule has 3 N–H and O–H groups in total. The maximum atomic E-state index is 12.6. The minimum absolute atomic E-state index is 0.164. The molecule has 0 radical (unpaired) electrons. The molecule has 0 heterocycles. The summed E-state index contributed by atoms with van der Waals surface area (Å²) < 4.78 is 62.4. The number of hydrogen-bond donors (Lipinski definition) is 2. The normalized spacial score (nSPS) is 12.2. The lowest BCUT2D eigenvalue weighted by molar-refractivity contribution is -0.0429. The van der Waals surface area contributed by atoms with E-state index < -0.39 is 15.5 Å². The van der Waals surface area contributed by atoms with E-state index in [1.807, 2.05) is 0 Å². The van der Waals surface area contributed by atoms with E-state index in [9.17, 15) is 21.6 Å². The van der Waals surface area contributed by atoms with Crippen LogP contribution in [0.15, 0.2) is 36.4 Å². The quantitative estimate of drug-likeness (QED) is 0.832. The lowest BCUT2D eigenvalue weighted by Gasteiger charge is -2.18. The molecule has 23 heavy (non-hydrogen) atoms. The Kier molecular flexibility index (Phi) is 4.30. The second-order valence-electron chi connectivity index (χ2n) is 5.09. The van der Waals surface area contributed by atoms with Crippen molar-refractivity contribution >= 4 is 21.4 Å². The average Bonchev–Trinajstić information content (AvgIpc) is 2.39. The molecule has 0 aliphatic carbocycles. The third-order valence-corrected chi connectivity index (χ3v) is 4.47. The number of nitrogens with one attached hydrogen (secondary N) is 1. The first-order valence-electron chi connectivity index (χ1n) is 6.59. The predicted molar refractivity (Wildman–Crippen MR) is 84.4 cm³/mol. The van der Waals surface area contributed by atoms with Gasteiger partial charge in [0.05, 0.1) is 5.69 Å². The van der Waals surface area contributed by atoms with Crippen molar-refractivity contribution < 1.29 is 21.6 Å². The molecular formula is C15H15F3N2O2S. The van der Waals surface area contributed by atoms with Gasteiger partial charge < -0.3 is 5.73 Å². The van der Waals surface area contributed by atoms with Crippen LogP contribution in [-0.4, -0.2) is 13.9 Å². The zero-order valence-electron chi connectivity index (χ0n) is 12.4. The second-order valence-corrected chi connectivity index (χ2v) is 6.76. The minimum atomic E-state index is -5.51. The molecule has 0 spiro atoms. The standard InChI is InChI=1S/C15H15F3N2O2S/c1-9-5-3-7-11(19)13(9)14-10(2)6-4-8-12(14)20-23(21,22)15(16,17)18/h3-8,20H,19H2,1-2H3. The van der Waals surface area contributed by atoms with E-state index in [1.54, 1.807) is 42.8 Å². The first kappa shape index (κ1) is 17.1. The molecule has 0 unspecified atom stereocenters. The lowest BCUT2D eigenvalue weighted by Crippen LogP contribution is -2.30. The molecule has 0 atom stereocenters. The molecule has 0 saturated heterocycles. The van der Waals surface area contributed by atoms with Crippen LogP contribution >= 0.6 is 0 Å². The summed E-state index contributed by atoms with van der Waals surface area (Å²) in [5, 5.41) is 0. The van der Waals surface area contributed by atoms with E-state index in [0.29, 0.717) is 22.4 Å². The SMILES string of the molecule is Cc1cccc(N)c1-c1c(C)cccc1NS(=O)(=O)C(F)(F)F. The molecule has 0 bridgehead atoms. The molecule has 0 aromatic heterocycles. The van der Waals surface area contributed by atoms with Gasteiger partial charge in [-0.05, 0) is 37.1 Å². The van der Waals surface area contributed by atoms with Gasteiger partial charge in [-0.3, -0.25) is 4.72 Å². The van der Waals surface area contributed by atoms with Crippen LogP contribution in [0.25, 0.3) is 11.1 Å². The number of nitrogens with two attached hydrogens (primary N) is 1. The number of sulfonamides is 1. The number of aryl methyl sites for hydroxylation is 2. The Morgan fingerprint density at radius 1 is 0.957 bits per heavy atom. The third-order valence-electron chi connectivity index (χ3n) is 3.38. The highest BCUT2D eigenvalue weighted by atomic mass is 32.2. The van der Waals surface area contributed by atoms with Crippen molar-refractivity contribution in [2.75, 3.05) is 10.5 Å². The predicted octanol–water partition coefficient (Wildman–Crippen LogP) is 3.81. The summed E-state index contributed by atoms with van der Waals surface area (Å²) in [4.78, 5) is 0. The van der Waals surface area contributed by atoms with Gasteiger partial charge in [-0.25, -0.2) is 0 Å². The maximum absolute atomic E-state index is 12.6. The lowest BCUT2D eigenvalue weighted by atomic mass is 9.94. The van der Waals surface area contributed by atoms with E-state index >= 15 is 0 Å². The number of nitrogen functional groups attached to an aromatic ring is 1. The molecule has 0 fully saturated rings. The smallest absolute Gasteiger partial charge is 0.398 e. The van der Waals surface area contributed by atoms with Crippen LogP contribution in [0.1, 0.15) is 11.1 Å². The molecule has 8 heteroatoms. The van der Waals surface area contributed by atoms with E-state index in [0.717, 1.165) is 5.56 Å². The molecule has 4 nitrogen and oxygen atoms in total. The fraction of sp³-hybridized carbons (Fsp3) is 0.200. The largest absolute Gasteiger partial charge is 0.516 e. The number of halogens is 3. The van der Waals surface area contributed by atoms with Crippen molar-refractivity contribution in [2.24, 2.45) is 0 Å². The van der Waals surface area contributed by atoms with Gasteiger partial charge in [0.1, 0.15) is 0 Å². The number of benzene rings is 2. The Bertz CT molecular complexity index is 826. The summed E-state index contributed by atoms with van der Waals surface area (Å²) in [6.07, 6.45) is 0. The Morgan fingerprint density at radius 2 is 1.48 bits per heavy atom. The fourth-order valence-corrected chi connectivity index (χ4v) is 2.89. The van der Waals surface area contributed by atoms with Crippen molar-refractivity contribution in [3.63, 3.8) is 0 Å². The molecule has 124 valence electrons. The molecule has 2 aromatic rings. The molecule has 2 rings (SSSR count). The maximum Gasteiger partial charge on any atom is 0.516 e. The van der Waals surface area contributed by atoms with Gasteiger partial charge in [0.2, 0.25) is 0 Å². The molecule has 0 aliphatic rings. The molecule has 0 amide bonds. The first-order chi connectivity index (χ1) is 10.5. The number of hydrogen-bond acceptors (Lipinski definition) is 3. The van der Waals surface area contributed by atoms with Gasteiger partial charge in [-0.15, -0.1) is 0 Å². The molecular weight excluding hydrogens is 329 g/mol. The van der Waals surface area contributed by atoms with Crippen molar-refractivity contribution in [1.29, 1.82) is 0 Å². The molecule has 0 aliphatic heterocycles. The average molecular weight is 344 g/mol. The van der Waals surface area contributed by atoms with Crippen LogP contribution in [0.3, 0.4) is 0 Å². The zero-order chi connectivity index (χ0) is 17.4. The van der Waals surface area contributed by atoms with Crippen molar-refractivity contribution in [1.82, 2.24) is 0 Å². The third kappa shape index (κ3) is 3.26. The summed E-state index contributed by atoms with van der Waals surface area (Å²) >= 11 is 0. The highest BCUT2D eigenvalue weighted by Crippen LogP contribution is 2.38. The van der Waals surface area contributed by atoms with Crippen molar-refractivity contribution in [3.8, 4) is 11.1 Å². The van der Waals surface area contributed by atoms with E-state index in [4.69, 9.17) is 5.73 Å². The summed E-state index contributed by atoms with van der Waals surface area (Å²) in [5.41, 5.74) is 2.90. The first-order valence-corrected chi connectivity index (χ1v) is 8.07. The van der Waals surface area contributed by atoms with Crippen LogP contribution in [0.2, 0.25) is 0 Å².